The second-order valence-electron chi connectivity index (χ2n) is 6.21. The van der Waals surface area contributed by atoms with Crippen molar-refractivity contribution in [2.45, 2.75) is 45.8 Å². The van der Waals surface area contributed by atoms with E-state index in [0.717, 1.165) is 19.6 Å². The molecule has 0 aliphatic carbocycles. The van der Waals surface area contributed by atoms with E-state index in [1.54, 1.807) is 0 Å². The summed E-state index contributed by atoms with van der Waals surface area (Å²) in [5.74, 6) is 0. The molecule has 0 radical (unpaired) electrons. The highest BCUT2D eigenvalue weighted by Gasteiger charge is 2.16. The van der Waals surface area contributed by atoms with Crippen molar-refractivity contribution >= 4 is 0 Å². The van der Waals surface area contributed by atoms with E-state index in [4.69, 9.17) is 0 Å². The van der Waals surface area contributed by atoms with Gasteiger partial charge in [-0.1, -0.05) is 29.3 Å². The molecule has 0 spiro atoms. The minimum Gasteiger partial charge on any atom is -0.390 e. The first-order chi connectivity index (χ1) is 9.54. The average molecular weight is 276 g/mol. The van der Waals surface area contributed by atoms with Gasteiger partial charge in [-0.15, -0.1) is 0 Å². The van der Waals surface area contributed by atoms with Crippen molar-refractivity contribution in [2.75, 3.05) is 26.2 Å². The van der Waals surface area contributed by atoms with Crippen LogP contribution in [0.25, 0.3) is 0 Å². The van der Waals surface area contributed by atoms with Crippen LogP contribution in [0.3, 0.4) is 0 Å². The van der Waals surface area contributed by atoms with Crippen LogP contribution < -0.4 is 5.32 Å². The molecule has 1 fully saturated rings. The number of β-amino-alcohol motifs (C(OH)–C–C–N with tert-alkyl or cyclic N) is 1. The fraction of sp³-hybridized carbons (Fsp3) is 0.647. The standard InChI is InChI=1S/C17H28N2O/c1-13-8-14(2)10-16(9-13)15(3)18-11-17(20)12-19-6-4-5-7-19/h8-10,15,17-18,20H,4-7,11-12H2,1-3H3. The zero-order chi connectivity index (χ0) is 14.5. The Morgan fingerprint density at radius 1 is 1.15 bits per heavy atom. The first-order valence-electron chi connectivity index (χ1n) is 7.76. The number of rotatable bonds is 6. The topological polar surface area (TPSA) is 35.5 Å². The Kier molecular flexibility index (Phi) is 5.58. The molecular weight excluding hydrogens is 248 g/mol. The van der Waals surface area contributed by atoms with Crippen molar-refractivity contribution in [1.82, 2.24) is 10.2 Å². The minimum absolute atomic E-state index is 0.276. The Bertz CT molecular complexity index is 407. The lowest BCUT2D eigenvalue weighted by Crippen LogP contribution is -2.37. The van der Waals surface area contributed by atoms with Crippen molar-refractivity contribution in [1.29, 1.82) is 0 Å². The van der Waals surface area contributed by atoms with Crippen molar-refractivity contribution in [3.8, 4) is 0 Å². The lowest BCUT2D eigenvalue weighted by Gasteiger charge is -2.22. The molecule has 1 heterocycles. The van der Waals surface area contributed by atoms with Crippen molar-refractivity contribution in [3.63, 3.8) is 0 Å². The number of aliphatic hydroxyl groups excluding tert-OH is 1. The van der Waals surface area contributed by atoms with Gasteiger partial charge in [-0.3, -0.25) is 0 Å². The van der Waals surface area contributed by atoms with Gasteiger partial charge in [0.15, 0.2) is 0 Å². The number of hydrogen-bond donors (Lipinski definition) is 2. The van der Waals surface area contributed by atoms with Gasteiger partial charge in [0.2, 0.25) is 0 Å². The van der Waals surface area contributed by atoms with E-state index >= 15 is 0 Å². The van der Waals surface area contributed by atoms with Crippen molar-refractivity contribution in [2.24, 2.45) is 0 Å². The van der Waals surface area contributed by atoms with E-state index in [1.165, 1.54) is 29.5 Å². The molecule has 1 aromatic carbocycles. The maximum absolute atomic E-state index is 10.1. The molecule has 3 nitrogen and oxygen atoms in total. The predicted octanol–water partition coefficient (Wildman–Crippen LogP) is 2.41. The van der Waals surface area contributed by atoms with Crippen LogP contribution in [-0.4, -0.2) is 42.3 Å². The second kappa shape index (κ2) is 7.21. The summed E-state index contributed by atoms with van der Waals surface area (Å²) in [6, 6.07) is 6.91. The normalized spacial score (nSPS) is 19.2. The van der Waals surface area contributed by atoms with Crippen LogP contribution in [0.1, 0.15) is 42.5 Å². The van der Waals surface area contributed by atoms with Crippen LogP contribution >= 0.6 is 0 Å². The van der Waals surface area contributed by atoms with E-state index in [2.05, 4.69) is 49.2 Å². The molecule has 3 heteroatoms. The summed E-state index contributed by atoms with van der Waals surface area (Å²) < 4.78 is 0. The lowest BCUT2D eigenvalue weighted by atomic mass is 10.0. The average Bonchev–Trinajstić information content (AvgIpc) is 2.87. The summed E-state index contributed by atoms with van der Waals surface area (Å²) in [6.07, 6.45) is 2.28. The monoisotopic (exact) mass is 276 g/mol. The molecule has 0 aromatic heterocycles. The van der Waals surface area contributed by atoms with Crippen molar-refractivity contribution < 1.29 is 5.11 Å². The van der Waals surface area contributed by atoms with Crippen LogP contribution in [0, 0.1) is 13.8 Å². The van der Waals surface area contributed by atoms with Crippen LogP contribution in [0.5, 0.6) is 0 Å². The highest BCUT2D eigenvalue weighted by atomic mass is 16.3. The van der Waals surface area contributed by atoms with Gasteiger partial charge in [0.25, 0.3) is 0 Å². The van der Waals surface area contributed by atoms with Gasteiger partial charge in [0, 0.05) is 19.1 Å². The molecule has 20 heavy (non-hydrogen) atoms. The van der Waals surface area contributed by atoms with Gasteiger partial charge in [0.05, 0.1) is 6.10 Å². The Hall–Kier alpha value is -0.900. The molecule has 2 atom stereocenters. The Morgan fingerprint density at radius 2 is 1.75 bits per heavy atom. The molecular formula is C17H28N2O. The Morgan fingerprint density at radius 3 is 2.35 bits per heavy atom. The summed E-state index contributed by atoms with van der Waals surface area (Å²) in [5.41, 5.74) is 3.90. The minimum atomic E-state index is -0.276. The summed E-state index contributed by atoms with van der Waals surface area (Å²) in [4.78, 5) is 2.35. The van der Waals surface area contributed by atoms with Crippen molar-refractivity contribution in [3.05, 3.63) is 34.9 Å². The SMILES string of the molecule is Cc1cc(C)cc(C(C)NCC(O)CN2CCCC2)c1. The summed E-state index contributed by atoms with van der Waals surface area (Å²) >= 11 is 0. The van der Waals surface area contributed by atoms with Gasteiger partial charge >= 0.3 is 0 Å². The number of aliphatic hydroxyl groups is 1. The number of benzene rings is 1. The van der Waals surface area contributed by atoms with E-state index in [-0.39, 0.29) is 12.1 Å². The van der Waals surface area contributed by atoms with Gasteiger partial charge in [-0.25, -0.2) is 0 Å². The van der Waals surface area contributed by atoms with Gasteiger partial charge < -0.3 is 15.3 Å². The van der Waals surface area contributed by atoms with E-state index < -0.39 is 0 Å². The highest BCUT2D eigenvalue weighted by Crippen LogP contribution is 2.16. The third kappa shape index (κ3) is 4.58. The van der Waals surface area contributed by atoms with Crippen LogP contribution in [0.15, 0.2) is 18.2 Å². The molecule has 112 valence electrons. The number of nitrogens with one attached hydrogen (secondary N) is 1. The molecule has 1 aliphatic rings. The van der Waals surface area contributed by atoms with Crippen LogP contribution in [-0.2, 0) is 0 Å². The lowest BCUT2D eigenvalue weighted by molar-refractivity contribution is 0.121. The number of aryl methyl sites for hydroxylation is 2. The smallest absolute Gasteiger partial charge is 0.0791 e. The van der Waals surface area contributed by atoms with Gasteiger partial charge in [-0.2, -0.15) is 0 Å². The molecule has 1 saturated heterocycles. The summed E-state index contributed by atoms with van der Waals surface area (Å²) in [7, 11) is 0. The summed E-state index contributed by atoms with van der Waals surface area (Å²) in [5, 5.41) is 13.6. The van der Waals surface area contributed by atoms with Gasteiger partial charge in [-0.05, 0) is 52.3 Å². The van der Waals surface area contributed by atoms with E-state index in [0.29, 0.717) is 6.54 Å². The highest BCUT2D eigenvalue weighted by molar-refractivity contribution is 5.30. The molecule has 2 rings (SSSR count). The maximum Gasteiger partial charge on any atom is 0.0791 e. The quantitative estimate of drug-likeness (QED) is 0.837. The number of likely N-dealkylation sites (tertiary alicyclic amines) is 1. The third-order valence-corrected chi connectivity index (χ3v) is 4.07. The van der Waals surface area contributed by atoms with Crippen LogP contribution in [0.4, 0.5) is 0 Å². The molecule has 0 saturated carbocycles. The number of hydrogen-bond acceptors (Lipinski definition) is 3. The first kappa shape index (κ1) is 15.5. The van der Waals surface area contributed by atoms with E-state index in [1.807, 2.05) is 0 Å². The predicted molar refractivity (Wildman–Crippen MR) is 84.0 cm³/mol. The second-order valence-corrected chi connectivity index (χ2v) is 6.21. The Balaban J connectivity index is 1.80. The van der Waals surface area contributed by atoms with E-state index in [9.17, 15) is 5.11 Å². The first-order valence-corrected chi connectivity index (χ1v) is 7.76. The molecule has 0 amide bonds. The largest absolute Gasteiger partial charge is 0.390 e. The fourth-order valence-electron chi connectivity index (χ4n) is 3.02. The van der Waals surface area contributed by atoms with Crippen LogP contribution in [0.2, 0.25) is 0 Å². The molecule has 2 N–H and O–H groups in total. The number of nitrogens with zero attached hydrogens (tertiary/aromatic N) is 1. The zero-order valence-electron chi connectivity index (χ0n) is 13.0. The maximum atomic E-state index is 10.1. The Labute approximate surface area is 123 Å². The summed E-state index contributed by atoms with van der Waals surface area (Å²) in [6.45, 7) is 10.2. The third-order valence-electron chi connectivity index (χ3n) is 4.07. The molecule has 0 bridgehead atoms. The molecule has 1 aliphatic heterocycles. The van der Waals surface area contributed by atoms with Gasteiger partial charge in [0.1, 0.15) is 0 Å². The zero-order valence-corrected chi connectivity index (χ0v) is 13.0. The molecule has 1 aromatic rings. The molecule has 2 unspecified atom stereocenters. The fourth-order valence-corrected chi connectivity index (χ4v) is 3.02.